The molecule has 1 amide bonds. The Bertz CT molecular complexity index is 503. The Morgan fingerprint density at radius 2 is 2.05 bits per heavy atom. The van der Waals surface area contributed by atoms with Gasteiger partial charge in [0.15, 0.2) is 0 Å². The fraction of sp³-hybridized carbons (Fsp3) is 0.562. The molecule has 0 N–H and O–H groups in total. The average molecular weight is 288 g/mol. The van der Waals surface area contributed by atoms with Crippen LogP contribution >= 0.6 is 0 Å². The number of nitriles is 1. The Morgan fingerprint density at radius 1 is 1.38 bits per heavy atom. The number of hydrogen-bond acceptors (Lipinski definition) is 4. The molecule has 5 heteroatoms. The van der Waals surface area contributed by atoms with E-state index in [0.717, 1.165) is 5.69 Å². The second kappa shape index (κ2) is 8.25. The van der Waals surface area contributed by atoms with Gasteiger partial charge in [0, 0.05) is 37.6 Å². The summed E-state index contributed by atoms with van der Waals surface area (Å²) in [5, 5.41) is 8.77. The van der Waals surface area contributed by atoms with E-state index in [1.807, 2.05) is 26.0 Å². The highest BCUT2D eigenvalue weighted by atomic mass is 16.2. The van der Waals surface area contributed by atoms with Crippen LogP contribution in [-0.2, 0) is 0 Å². The molecule has 0 bridgehead atoms. The van der Waals surface area contributed by atoms with Crippen LogP contribution in [0.2, 0.25) is 0 Å². The van der Waals surface area contributed by atoms with Gasteiger partial charge in [0.2, 0.25) is 0 Å². The number of aromatic nitrogens is 1. The predicted molar refractivity (Wildman–Crippen MR) is 84.2 cm³/mol. The first kappa shape index (κ1) is 17.0. The summed E-state index contributed by atoms with van der Waals surface area (Å²) in [7, 11) is 0. The molecule has 1 aromatic rings. The van der Waals surface area contributed by atoms with Crippen molar-refractivity contribution in [1.82, 2.24) is 9.88 Å². The van der Waals surface area contributed by atoms with Gasteiger partial charge in [-0.3, -0.25) is 9.78 Å². The molecule has 1 rings (SSSR count). The standard InChI is InChI=1S/C16H24N4O/c1-5-19(6-2)16(21)15-12-14(8-10-18-15)20(13(3)4)11-7-9-17/h8,10,12-13H,5-7,11H2,1-4H3. The molecule has 0 fully saturated rings. The van der Waals surface area contributed by atoms with Gasteiger partial charge in [-0.25, -0.2) is 0 Å². The SMILES string of the molecule is CCN(CC)C(=O)c1cc(N(CCC#N)C(C)C)ccn1. The van der Waals surface area contributed by atoms with E-state index < -0.39 is 0 Å². The maximum absolute atomic E-state index is 12.4. The first-order chi connectivity index (χ1) is 10.0. The molecule has 0 saturated heterocycles. The van der Waals surface area contributed by atoms with Crippen LogP contribution in [0.4, 0.5) is 5.69 Å². The van der Waals surface area contributed by atoms with E-state index >= 15 is 0 Å². The number of rotatable bonds is 7. The summed E-state index contributed by atoms with van der Waals surface area (Å²) in [6, 6.07) is 6.13. The number of carbonyl (C=O) groups excluding carboxylic acids is 1. The lowest BCUT2D eigenvalue weighted by atomic mass is 10.2. The molecule has 1 aromatic heterocycles. The van der Waals surface area contributed by atoms with Crippen LogP contribution in [0, 0.1) is 11.3 Å². The van der Waals surface area contributed by atoms with Crippen LogP contribution in [0.25, 0.3) is 0 Å². The number of hydrogen-bond donors (Lipinski definition) is 0. The van der Waals surface area contributed by atoms with Gasteiger partial charge in [-0.1, -0.05) is 0 Å². The number of amides is 1. The van der Waals surface area contributed by atoms with Crippen LogP contribution < -0.4 is 4.90 Å². The molecule has 0 spiro atoms. The fourth-order valence-electron chi connectivity index (χ4n) is 2.24. The summed E-state index contributed by atoms with van der Waals surface area (Å²) in [6.07, 6.45) is 2.12. The van der Waals surface area contributed by atoms with Crippen molar-refractivity contribution in [3.8, 4) is 6.07 Å². The summed E-state index contributed by atoms with van der Waals surface area (Å²) in [6.45, 7) is 10.1. The maximum atomic E-state index is 12.4. The molecule has 0 aliphatic rings. The van der Waals surface area contributed by atoms with E-state index in [4.69, 9.17) is 5.26 Å². The number of nitrogens with zero attached hydrogens (tertiary/aromatic N) is 4. The van der Waals surface area contributed by atoms with Gasteiger partial charge in [0.05, 0.1) is 12.5 Å². The van der Waals surface area contributed by atoms with Gasteiger partial charge in [-0.2, -0.15) is 5.26 Å². The third-order valence-corrected chi connectivity index (χ3v) is 3.43. The normalized spacial score (nSPS) is 10.3. The summed E-state index contributed by atoms with van der Waals surface area (Å²) >= 11 is 0. The largest absolute Gasteiger partial charge is 0.368 e. The van der Waals surface area contributed by atoms with Gasteiger partial charge >= 0.3 is 0 Å². The summed E-state index contributed by atoms with van der Waals surface area (Å²) in [5.41, 5.74) is 1.39. The predicted octanol–water partition coefficient (Wildman–Crippen LogP) is 2.69. The molecule has 0 radical (unpaired) electrons. The van der Waals surface area contributed by atoms with Crippen LogP contribution in [0.1, 0.15) is 44.6 Å². The lowest BCUT2D eigenvalue weighted by Crippen LogP contribution is -2.33. The van der Waals surface area contributed by atoms with Crippen LogP contribution in [0.15, 0.2) is 18.3 Å². The zero-order valence-corrected chi connectivity index (χ0v) is 13.3. The van der Waals surface area contributed by atoms with Gasteiger partial charge in [0.1, 0.15) is 5.69 Å². The number of anilines is 1. The van der Waals surface area contributed by atoms with Crippen molar-refractivity contribution in [3.05, 3.63) is 24.0 Å². The zero-order valence-electron chi connectivity index (χ0n) is 13.3. The average Bonchev–Trinajstić information content (AvgIpc) is 2.48. The van der Waals surface area contributed by atoms with Crippen molar-refractivity contribution in [2.75, 3.05) is 24.5 Å². The summed E-state index contributed by atoms with van der Waals surface area (Å²) < 4.78 is 0. The number of pyridine rings is 1. The Labute approximate surface area is 127 Å². The quantitative estimate of drug-likeness (QED) is 0.774. The Hall–Kier alpha value is -2.09. The van der Waals surface area contributed by atoms with Gasteiger partial charge in [0.25, 0.3) is 5.91 Å². The van der Waals surface area contributed by atoms with E-state index in [0.29, 0.717) is 31.7 Å². The molecule has 0 atom stereocenters. The molecule has 114 valence electrons. The second-order valence-corrected chi connectivity index (χ2v) is 5.07. The molecule has 1 heterocycles. The van der Waals surface area contributed by atoms with Crippen LogP contribution in [-0.4, -0.2) is 41.5 Å². The Balaban J connectivity index is 3.03. The first-order valence-electron chi connectivity index (χ1n) is 7.44. The maximum Gasteiger partial charge on any atom is 0.272 e. The molecule has 0 aliphatic carbocycles. The molecule has 21 heavy (non-hydrogen) atoms. The molecule has 0 unspecified atom stereocenters. The lowest BCUT2D eigenvalue weighted by molar-refractivity contribution is 0.0767. The van der Waals surface area contributed by atoms with Gasteiger partial charge in [-0.05, 0) is 39.8 Å². The van der Waals surface area contributed by atoms with Crippen LogP contribution in [0.5, 0.6) is 0 Å². The Kier molecular flexibility index (Phi) is 6.67. The van der Waals surface area contributed by atoms with E-state index in [1.54, 1.807) is 11.1 Å². The third-order valence-electron chi connectivity index (χ3n) is 3.43. The minimum atomic E-state index is -0.0501. The molecular weight excluding hydrogens is 264 g/mol. The van der Waals surface area contributed by atoms with E-state index in [-0.39, 0.29) is 11.9 Å². The van der Waals surface area contributed by atoms with E-state index in [2.05, 4.69) is 29.8 Å². The number of carbonyl (C=O) groups is 1. The van der Waals surface area contributed by atoms with Crippen molar-refractivity contribution in [3.63, 3.8) is 0 Å². The molecule has 5 nitrogen and oxygen atoms in total. The highest BCUT2D eigenvalue weighted by molar-refractivity contribution is 5.93. The second-order valence-electron chi connectivity index (χ2n) is 5.07. The summed E-state index contributed by atoms with van der Waals surface area (Å²) in [5.74, 6) is -0.0501. The molecular formula is C16H24N4O. The molecule has 0 aromatic carbocycles. The minimum Gasteiger partial charge on any atom is -0.368 e. The Morgan fingerprint density at radius 3 is 2.57 bits per heavy atom. The van der Waals surface area contributed by atoms with Crippen molar-refractivity contribution in [1.29, 1.82) is 5.26 Å². The van der Waals surface area contributed by atoms with Crippen molar-refractivity contribution in [2.24, 2.45) is 0 Å². The minimum absolute atomic E-state index is 0.0501. The molecule has 0 aliphatic heterocycles. The highest BCUT2D eigenvalue weighted by Gasteiger charge is 2.17. The van der Waals surface area contributed by atoms with Gasteiger partial charge < -0.3 is 9.80 Å². The van der Waals surface area contributed by atoms with Crippen LogP contribution in [0.3, 0.4) is 0 Å². The van der Waals surface area contributed by atoms with Gasteiger partial charge in [-0.15, -0.1) is 0 Å². The van der Waals surface area contributed by atoms with E-state index in [1.165, 1.54) is 0 Å². The first-order valence-corrected chi connectivity index (χ1v) is 7.44. The highest BCUT2D eigenvalue weighted by Crippen LogP contribution is 2.18. The monoisotopic (exact) mass is 288 g/mol. The van der Waals surface area contributed by atoms with Crippen molar-refractivity contribution < 1.29 is 4.79 Å². The zero-order chi connectivity index (χ0) is 15.8. The summed E-state index contributed by atoms with van der Waals surface area (Å²) in [4.78, 5) is 20.4. The smallest absolute Gasteiger partial charge is 0.272 e. The topological polar surface area (TPSA) is 60.2 Å². The van der Waals surface area contributed by atoms with E-state index in [9.17, 15) is 4.79 Å². The third kappa shape index (κ3) is 4.45. The molecule has 0 saturated carbocycles. The van der Waals surface area contributed by atoms with Crippen molar-refractivity contribution in [2.45, 2.75) is 40.2 Å². The fourth-order valence-corrected chi connectivity index (χ4v) is 2.24. The van der Waals surface area contributed by atoms with Crippen molar-refractivity contribution >= 4 is 11.6 Å². The lowest BCUT2D eigenvalue weighted by Gasteiger charge is -2.28.